The maximum atomic E-state index is 12.0. The molecule has 0 bridgehead atoms. The van der Waals surface area contributed by atoms with Crippen LogP contribution in [0.3, 0.4) is 0 Å². The topological polar surface area (TPSA) is 76.7 Å². The number of aromatic nitrogens is 3. The van der Waals surface area contributed by atoms with E-state index < -0.39 is 12.1 Å². The van der Waals surface area contributed by atoms with Crippen LogP contribution in [0.25, 0.3) is 5.69 Å². The van der Waals surface area contributed by atoms with E-state index in [9.17, 15) is 4.79 Å². The third kappa shape index (κ3) is 4.82. The Kier molecular flexibility index (Phi) is 7.21. The lowest BCUT2D eigenvalue weighted by molar-refractivity contribution is -0.00169. The molecule has 0 radical (unpaired) electrons. The van der Waals surface area contributed by atoms with Gasteiger partial charge in [0.1, 0.15) is 12.2 Å². The summed E-state index contributed by atoms with van der Waals surface area (Å²) >= 11 is 6.47. The monoisotopic (exact) mass is 521 g/mol. The van der Waals surface area contributed by atoms with Crippen molar-refractivity contribution in [3.8, 4) is 17.2 Å². The van der Waals surface area contributed by atoms with Gasteiger partial charge in [0.05, 0.1) is 32.2 Å². The Morgan fingerprint density at radius 1 is 1.05 bits per heavy atom. The zero-order chi connectivity index (χ0) is 25.9. The molecule has 0 amide bonds. The molecule has 5 rings (SSSR count). The summed E-state index contributed by atoms with van der Waals surface area (Å²) in [6.07, 6.45) is 3.64. The van der Waals surface area contributed by atoms with Gasteiger partial charge >= 0.3 is 5.97 Å². The van der Waals surface area contributed by atoms with E-state index >= 15 is 0 Å². The maximum absolute atomic E-state index is 12.0. The molecular weight excluding hydrogens is 494 g/mol. The van der Waals surface area contributed by atoms with E-state index in [4.69, 9.17) is 30.5 Å². The molecule has 4 aromatic rings. The number of fused-ring (bicyclic) bond motifs is 3. The van der Waals surface area contributed by atoms with E-state index in [1.165, 1.54) is 0 Å². The molecule has 0 saturated carbocycles. The van der Waals surface area contributed by atoms with Crippen molar-refractivity contribution in [1.29, 1.82) is 0 Å². The molecule has 8 nitrogen and oxygen atoms in total. The van der Waals surface area contributed by atoms with Crippen molar-refractivity contribution in [2.45, 2.75) is 32.1 Å². The van der Waals surface area contributed by atoms with Gasteiger partial charge in [-0.2, -0.15) is 5.10 Å². The van der Waals surface area contributed by atoms with Crippen molar-refractivity contribution in [1.82, 2.24) is 14.3 Å². The Bertz CT molecular complexity index is 1410. The smallest absolute Gasteiger partial charge is 0.358 e. The molecule has 192 valence electrons. The van der Waals surface area contributed by atoms with Gasteiger partial charge in [-0.05, 0) is 55.8 Å². The van der Waals surface area contributed by atoms with Crippen LogP contribution in [0.4, 0.5) is 0 Å². The molecule has 0 N–H and O–H groups in total. The van der Waals surface area contributed by atoms with E-state index in [0.717, 1.165) is 22.5 Å². The van der Waals surface area contributed by atoms with Crippen molar-refractivity contribution in [3.63, 3.8) is 0 Å². The fourth-order valence-electron chi connectivity index (χ4n) is 4.76. The minimum Gasteiger partial charge on any atom is -0.493 e. The van der Waals surface area contributed by atoms with E-state index in [0.29, 0.717) is 36.1 Å². The first kappa shape index (κ1) is 24.9. The summed E-state index contributed by atoms with van der Waals surface area (Å²) in [5, 5.41) is 5.00. The van der Waals surface area contributed by atoms with Crippen molar-refractivity contribution in [2.24, 2.45) is 0 Å². The van der Waals surface area contributed by atoms with Gasteiger partial charge in [-0.15, -0.1) is 0 Å². The number of ether oxygens (including phenoxy) is 4. The molecule has 1 aliphatic heterocycles. The molecule has 3 heterocycles. The normalized spacial score (nSPS) is 16.4. The van der Waals surface area contributed by atoms with Gasteiger partial charge in [0.25, 0.3) is 0 Å². The van der Waals surface area contributed by atoms with E-state index in [-0.39, 0.29) is 11.8 Å². The highest BCUT2D eigenvalue weighted by Crippen LogP contribution is 2.46. The number of esters is 1. The summed E-state index contributed by atoms with van der Waals surface area (Å²) in [6, 6.07) is 17.3. The first-order valence-electron chi connectivity index (χ1n) is 12.1. The van der Waals surface area contributed by atoms with Crippen LogP contribution in [0.2, 0.25) is 5.02 Å². The summed E-state index contributed by atoms with van der Waals surface area (Å²) in [4.78, 5) is 12.0. The maximum Gasteiger partial charge on any atom is 0.358 e. The van der Waals surface area contributed by atoms with E-state index in [1.54, 1.807) is 38.1 Å². The molecule has 0 saturated heterocycles. The number of methoxy groups -OCH3 is 2. The third-order valence-electron chi connectivity index (χ3n) is 6.40. The Labute approximate surface area is 220 Å². The molecule has 2 unspecified atom stereocenters. The van der Waals surface area contributed by atoms with E-state index in [2.05, 4.69) is 15.7 Å². The van der Waals surface area contributed by atoms with E-state index in [1.807, 2.05) is 48.7 Å². The van der Waals surface area contributed by atoms with Crippen LogP contribution >= 0.6 is 11.6 Å². The average Bonchev–Trinajstić information content (AvgIpc) is 3.57. The molecule has 2 atom stereocenters. The van der Waals surface area contributed by atoms with Crippen LogP contribution in [0.5, 0.6) is 11.5 Å². The first-order valence-corrected chi connectivity index (χ1v) is 12.5. The number of para-hydroxylation sites is 1. The Morgan fingerprint density at radius 3 is 2.70 bits per heavy atom. The summed E-state index contributed by atoms with van der Waals surface area (Å²) < 4.78 is 27.1. The number of halogens is 1. The van der Waals surface area contributed by atoms with Crippen LogP contribution < -0.4 is 9.47 Å². The summed E-state index contributed by atoms with van der Waals surface area (Å²) in [5.41, 5.74) is 4.02. The fourth-order valence-corrected chi connectivity index (χ4v) is 4.94. The number of hydrogen-bond acceptors (Lipinski definition) is 6. The Morgan fingerprint density at radius 2 is 1.92 bits per heavy atom. The largest absolute Gasteiger partial charge is 0.493 e. The van der Waals surface area contributed by atoms with Crippen molar-refractivity contribution in [2.75, 3.05) is 20.8 Å². The third-order valence-corrected chi connectivity index (χ3v) is 6.64. The molecule has 0 aliphatic carbocycles. The summed E-state index contributed by atoms with van der Waals surface area (Å²) in [7, 11) is 3.24. The lowest BCUT2D eigenvalue weighted by atomic mass is 9.98. The minimum atomic E-state index is -0.476. The number of carbonyl (C=O) groups excluding carboxylic acids is 1. The summed E-state index contributed by atoms with van der Waals surface area (Å²) in [6.45, 7) is 2.61. The number of rotatable bonds is 8. The average molecular weight is 522 g/mol. The lowest BCUT2D eigenvalue weighted by Gasteiger charge is -2.25. The molecule has 0 spiro atoms. The van der Waals surface area contributed by atoms with Gasteiger partial charge < -0.3 is 23.5 Å². The number of carbonyl (C=O) groups is 1. The van der Waals surface area contributed by atoms with Crippen LogP contribution in [-0.4, -0.2) is 41.1 Å². The molecule has 2 aromatic carbocycles. The van der Waals surface area contributed by atoms with Crippen LogP contribution in [0.15, 0.2) is 67.0 Å². The van der Waals surface area contributed by atoms with Gasteiger partial charge in [-0.3, -0.25) is 4.68 Å². The lowest BCUT2D eigenvalue weighted by Crippen LogP contribution is -2.14. The molecule has 2 aromatic heterocycles. The van der Waals surface area contributed by atoms with Gasteiger partial charge in [0, 0.05) is 35.1 Å². The number of hydrogen-bond donors (Lipinski definition) is 0. The number of nitrogens with zero attached hydrogens (tertiary/aromatic N) is 3. The SMILES string of the molecule is CCOC(=O)c1ccn(CCC2OC(c3cccc(OC)c3OC)c3cc(Cl)ccc3-n3cccc32)n1. The van der Waals surface area contributed by atoms with Gasteiger partial charge in [0.2, 0.25) is 0 Å². The first-order chi connectivity index (χ1) is 18.0. The van der Waals surface area contributed by atoms with Crippen LogP contribution in [-0.2, 0) is 16.0 Å². The zero-order valence-electron chi connectivity index (χ0n) is 20.9. The molecule has 1 aliphatic rings. The predicted molar refractivity (Wildman–Crippen MR) is 139 cm³/mol. The van der Waals surface area contributed by atoms with Crippen LogP contribution in [0, 0.1) is 0 Å². The zero-order valence-corrected chi connectivity index (χ0v) is 21.6. The Balaban J connectivity index is 1.53. The molecule has 0 fully saturated rings. The quantitative estimate of drug-likeness (QED) is 0.274. The predicted octanol–water partition coefficient (Wildman–Crippen LogP) is 5.77. The molecule has 37 heavy (non-hydrogen) atoms. The summed E-state index contributed by atoms with van der Waals surface area (Å²) in [5.74, 6) is 0.798. The highest BCUT2D eigenvalue weighted by molar-refractivity contribution is 6.30. The van der Waals surface area contributed by atoms with Gasteiger partial charge in [-0.25, -0.2) is 4.79 Å². The second kappa shape index (κ2) is 10.7. The highest BCUT2D eigenvalue weighted by Gasteiger charge is 2.33. The van der Waals surface area contributed by atoms with Crippen LogP contribution in [0.1, 0.15) is 52.9 Å². The Hall–Kier alpha value is -3.75. The molecular formula is C28H28ClN3O5. The van der Waals surface area contributed by atoms with Crippen molar-refractivity contribution >= 4 is 17.6 Å². The fraction of sp³-hybridized carbons (Fsp3) is 0.286. The van der Waals surface area contributed by atoms with Gasteiger partial charge in [0.15, 0.2) is 17.2 Å². The van der Waals surface area contributed by atoms with Crippen molar-refractivity contribution < 1.29 is 23.7 Å². The number of benzene rings is 2. The molecule has 9 heteroatoms. The second-order valence-corrected chi connectivity index (χ2v) is 9.00. The van der Waals surface area contributed by atoms with Crippen molar-refractivity contribution in [3.05, 3.63) is 94.5 Å². The highest BCUT2D eigenvalue weighted by atomic mass is 35.5. The van der Waals surface area contributed by atoms with Gasteiger partial charge in [-0.1, -0.05) is 23.7 Å². The second-order valence-electron chi connectivity index (χ2n) is 8.57. The number of aryl methyl sites for hydroxylation is 1. The minimum absolute atomic E-state index is 0.285. The standard InChI is InChI=1S/C28H28ClN3O5/c1-4-36-28(33)21-12-15-31(30-21)16-13-24-23-8-6-14-32(23)22-11-10-18(29)17-20(22)26(37-24)19-7-5-9-25(34-2)27(19)35-3/h5-12,14-15,17,24,26H,4,13,16H2,1-3H3.